The van der Waals surface area contributed by atoms with Crippen LogP contribution in [0.15, 0.2) is 91.1 Å². The summed E-state index contributed by atoms with van der Waals surface area (Å²) in [5.41, 5.74) is 4.51. The van der Waals surface area contributed by atoms with Crippen molar-refractivity contribution in [2.75, 3.05) is 0 Å². The molecule has 1 heterocycles. The molecule has 0 aliphatic heterocycles. The highest BCUT2D eigenvalue weighted by Crippen LogP contribution is 2.22. The van der Waals surface area contributed by atoms with E-state index in [1.54, 1.807) is 18.2 Å². The second-order valence-electron chi connectivity index (χ2n) is 7.42. The van der Waals surface area contributed by atoms with Crippen LogP contribution in [0.4, 0.5) is 4.39 Å². The minimum atomic E-state index is -0.274. The van der Waals surface area contributed by atoms with Gasteiger partial charge >= 0.3 is 0 Å². The topological polar surface area (TPSA) is 46.9 Å². The number of halogens is 1. The number of hydrogen-bond acceptors (Lipinski definition) is 2. The molecule has 31 heavy (non-hydrogen) atoms. The lowest BCUT2D eigenvalue weighted by Crippen LogP contribution is -2.23. The summed E-state index contributed by atoms with van der Waals surface area (Å²) < 4.78 is 15.7. The van der Waals surface area contributed by atoms with Gasteiger partial charge in [-0.3, -0.25) is 9.48 Å². The van der Waals surface area contributed by atoms with Crippen LogP contribution in [0.25, 0.3) is 11.3 Å². The molecule has 0 unspecified atom stereocenters. The van der Waals surface area contributed by atoms with E-state index in [1.165, 1.54) is 6.07 Å². The molecule has 1 aromatic heterocycles. The van der Waals surface area contributed by atoms with Gasteiger partial charge in [0.2, 0.25) is 5.91 Å². The van der Waals surface area contributed by atoms with Gasteiger partial charge in [-0.1, -0.05) is 78.9 Å². The zero-order chi connectivity index (χ0) is 21.5. The molecule has 0 saturated heterocycles. The Morgan fingerprint density at radius 3 is 2.29 bits per heavy atom. The van der Waals surface area contributed by atoms with Crippen molar-refractivity contribution < 1.29 is 9.18 Å². The highest BCUT2D eigenvalue weighted by atomic mass is 19.1. The van der Waals surface area contributed by atoms with E-state index in [0.717, 1.165) is 22.4 Å². The van der Waals surface area contributed by atoms with Crippen LogP contribution < -0.4 is 5.32 Å². The van der Waals surface area contributed by atoms with Gasteiger partial charge in [0.25, 0.3) is 0 Å². The van der Waals surface area contributed by atoms with E-state index in [-0.39, 0.29) is 18.1 Å². The largest absolute Gasteiger partial charge is 0.352 e. The fraction of sp³-hybridized carbons (Fsp3) is 0.154. The number of nitrogens with one attached hydrogen (secondary N) is 1. The predicted octanol–water partition coefficient (Wildman–Crippen LogP) is 4.99. The summed E-state index contributed by atoms with van der Waals surface area (Å²) in [7, 11) is 0. The SMILES string of the molecule is O=C(CCc1ccccc1F)NCc1cn(Cc2ccccc2)nc1-c1ccccc1. The van der Waals surface area contributed by atoms with E-state index in [4.69, 9.17) is 5.10 Å². The van der Waals surface area contributed by atoms with Crippen molar-refractivity contribution in [3.63, 3.8) is 0 Å². The average Bonchev–Trinajstić information content (AvgIpc) is 3.21. The number of rotatable bonds is 8. The maximum absolute atomic E-state index is 13.8. The first-order valence-corrected chi connectivity index (χ1v) is 10.3. The highest BCUT2D eigenvalue weighted by Gasteiger charge is 2.13. The average molecular weight is 413 g/mol. The van der Waals surface area contributed by atoms with Crippen molar-refractivity contribution in [3.05, 3.63) is 114 Å². The van der Waals surface area contributed by atoms with Gasteiger partial charge in [-0.2, -0.15) is 5.10 Å². The smallest absolute Gasteiger partial charge is 0.220 e. The van der Waals surface area contributed by atoms with Gasteiger partial charge in [-0.15, -0.1) is 0 Å². The number of amides is 1. The van der Waals surface area contributed by atoms with Gasteiger partial charge in [-0.25, -0.2) is 4.39 Å². The molecular weight excluding hydrogens is 389 g/mol. The van der Waals surface area contributed by atoms with Crippen LogP contribution >= 0.6 is 0 Å². The summed E-state index contributed by atoms with van der Waals surface area (Å²) in [5, 5.41) is 7.74. The molecule has 1 N–H and O–H groups in total. The molecule has 4 nitrogen and oxygen atoms in total. The Balaban J connectivity index is 1.46. The molecular formula is C26H24FN3O. The zero-order valence-corrected chi connectivity index (χ0v) is 17.2. The minimum absolute atomic E-state index is 0.113. The van der Waals surface area contributed by atoms with E-state index in [2.05, 4.69) is 17.4 Å². The van der Waals surface area contributed by atoms with Crippen LogP contribution in [0.5, 0.6) is 0 Å². The standard InChI is InChI=1S/C26H24FN3O/c27-24-14-8-7-11-21(24)15-16-25(31)28-17-23-19-30(18-20-9-3-1-4-10-20)29-26(23)22-12-5-2-6-13-22/h1-14,19H,15-18H2,(H,28,31). The van der Waals surface area contributed by atoms with Crippen molar-refractivity contribution in [2.24, 2.45) is 0 Å². The first-order valence-electron chi connectivity index (χ1n) is 10.3. The highest BCUT2D eigenvalue weighted by molar-refractivity contribution is 5.76. The lowest BCUT2D eigenvalue weighted by atomic mass is 10.1. The van der Waals surface area contributed by atoms with Crippen LogP contribution in [-0.2, 0) is 24.3 Å². The van der Waals surface area contributed by atoms with Crippen molar-refractivity contribution in [2.45, 2.75) is 25.9 Å². The lowest BCUT2D eigenvalue weighted by molar-refractivity contribution is -0.121. The Labute approximate surface area is 181 Å². The fourth-order valence-corrected chi connectivity index (χ4v) is 3.51. The molecule has 0 bridgehead atoms. The summed E-state index contributed by atoms with van der Waals surface area (Å²) in [6.07, 6.45) is 2.59. The van der Waals surface area contributed by atoms with Crippen LogP contribution in [0, 0.1) is 5.82 Å². The van der Waals surface area contributed by atoms with Gasteiger partial charge in [0.1, 0.15) is 5.82 Å². The maximum Gasteiger partial charge on any atom is 0.220 e. The maximum atomic E-state index is 13.8. The van der Waals surface area contributed by atoms with Gasteiger partial charge in [0, 0.05) is 30.3 Å². The van der Waals surface area contributed by atoms with Crippen molar-refractivity contribution in [1.29, 1.82) is 0 Å². The van der Waals surface area contributed by atoms with Crippen molar-refractivity contribution in [3.8, 4) is 11.3 Å². The number of hydrogen-bond donors (Lipinski definition) is 1. The van der Waals surface area contributed by atoms with Crippen LogP contribution in [0.1, 0.15) is 23.1 Å². The third-order valence-corrected chi connectivity index (χ3v) is 5.13. The molecule has 5 heteroatoms. The molecule has 1 amide bonds. The monoisotopic (exact) mass is 413 g/mol. The van der Waals surface area contributed by atoms with Gasteiger partial charge in [-0.05, 0) is 23.6 Å². The quantitative estimate of drug-likeness (QED) is 0.443. The van der Waals surface area contributed by atoms with Gasteiger partial charge < -0.3 is 5.32 Å². The van der Waals surface area contributed by atoms with E-state index >= 15 is 0 Å². The summed E-state index contributed by atoms with van der Waals surface area (Å²) >= 11 is 0. The minimum Gasteiger partial charge on any atom is -0.352 e. The molecule has 3 aromatic carbocycles. The Hall–Kier alpha value is -3.73. The van der Waals surface area contributed by atoms with Crippen LogP contribution in [0.3, 0.4) is 0 Å². The van der Waals surface area contributed by atoms with E-state index < -0.39 is 0 Å². The summed E-state index contributed by atoms with van der Waals surface area (Å²) in [5.74, 6) is -0.387. The Morgan fingerprint density at radius 2 is 1.55 bits per heavy atom. The number of benzene rings is 3. The normalized spacial score (nSPS) is 10.7. The predicted molar refractivity (Wildman–Crippen MR) is 120 cm³/mol. The second kappa shape index (κ2) is 9.85. The molecule has 0 radical (unpaired) electrons. The third kappa shape index (κ3) is 5.45. The molecule has 4 aromatic rings. The number of carbonyl (C=O) groups excluding carboxylic acids is 1. The Kier molecular flexibility index (Phi) is 6.53. The molecule has 4 rings (SSSR count). The number of aromatic nitrogens is 2. The number of aryl methyl sites for hydroxylation is 1. The molecule has 0 aliphatic carbocycles. The van der Waals surface area contributed by atoms with Crippen molar-refractivity contribution in [1.82, 2.24) is 15.1 Å². The van der Waals surface area contributed by atoms with E-state index in [1.807, 2.05) is 59.4 Å². The lowest BCUT2D eigenvalue weighted by Gasteiger charge is -2.06. The summed E-state index contributed by atoms with van der Waals surface area (Å²) in [6.45, 7) is 1.02. The van der Waals surface area contributed by atoms with E-state index in [0.29, 0.717) is 25.1 Å². The molecule has 0 fully saturated rings. The molecule has 0 aliphatic rings. The van der Waals surface area contributed by atoms with Gasteiger partial charge in [0.05, 0.1) is 12.2 Å². The van der Waals surface area contributed by atoms with Crippen molar-refractivity contribution >= 4 is 5.91 Å². The Morgan fingerprint density at radius 1 is 0.871 bits per heavy atom. The van der Waals surface area contributed by atoms with Crippen LogP contribution in [0.2, 0.25) is 0 Å². The zero-order valence-electron chi connectivity index (χ0n) is 17.2. The molecule has 0 atom stereocenters. The second-order valence-corrected chi connectivity index (χ2v) is 7.42. The fourth-order valence-electron chi connectivity index (χ4n) is 3.51. The first-order chi connectivity index (χ1) is 15.2. The first kappa shape index (κ1) is 20.5. The number of nitrogens with zero attached hydrogens (tertiary/aromatic N) is 2. The molecule has 156 valence electrons. The Bertz CT molecular complexity index is 1140. The molecule has 0 spiro atoms. The number of carbonyl (C=O) groups is 1. The molecule has 0 saturated carbocycles. The third-order valence-electron chi connectivity index (χ3n) is 5.13. The van der Waals surface area contributed by atoms with E-state index in [9.17, 15) is 9.18 Å². The van der Waals surface area contributed by atoms with Crippen LogP contribution in [-0.4, -0.2) is 15.7 Å². The summed E-state index contributed by atoms with van der Waals surface area (Å²) in [4.78, 5) is 12.4. The van der Waals surface area contributed by atoms with Gasteiger partial charge in [0.15, 0.2) is 0 Å². The summed E-state index contributed by atoms with van der Waals surface area (Å²) in [6, 6.07) is 26.6.